The summed E-state index contributed by atoms with van der Waals surface area (Å²) in [6, 6.07) is 0. The molecule has 1 N–H and O–H groups in total. The van der Waals surface area contributed by atoms with E-state index < -0.39 is 48.1 Å². The van der Waals surface area contributed by atoms with Crippen LogP contribution in [0.1, 0.15) is 29.3 Å². The van der Waals surface area contributed by atoms with Crippen molar-refractivity contribution >= 4 is 5.97 Å². The molecule has 4 nitrogen and oxygen atoms in total. The lowest BCUT2D eigenvalue weighted by Crippen LogP contribution is -2.22. The molecule has 0 amide bonds. The van der Waals surface area contributed by atoms with Gasteiger partial charge in [-0.3, -0.25) is 9.48 Å². The summed E-state index contributed by atoms with van der Waals surface area (Å²) >= 11 is 0. The molecule has 19 heavy (non-hydrogen) atoms. The highest BCUT2D eigenvalue weighted by atomic mass is 19.3. The van der Waals surface area contributed by atoms with Gasteiger partial charge in [-0.15, -0.1) is 0 Å². The van der Waals surface area contributed by atoms with Crippen LogP contribution in [0.3, 0.4) is 0 Å². The average molecular weight is 276 g/mol. The van der Waals surface area contributed by atoms with E-state index in [1.54, 1.807) is 0 Å². The molecule has 0 spiro atoms. The molecular weight excluding hydrogens is 268 g/mol. The Morgan fingerprint density at radius 2 is 2.16 bits per heavy atom. The number of carbonyl (C=O) groups is 1. The van der Waals surface area contributed by atoms with Crippen molar-refractivity contribution in [1.29, 1.82) is 0 Å². The number of allylic oxidation sites excluding steroid dienone is 1. The Balaban J connectivity index is 2.20. The Hall–Kier alpha value is -1.86. The van der Waals surface area contributed by atoms with Crippen LogP contribution in [0.5, 0.6) is 0 Å². The summed E-state index contributed by atoms with van der Waals surface area (Å²) in [7, 11) is 0. The van der Waals surface area contributed by atoms with E-state index in [4.69, 9.17) is 5.11 Å². The number of aliphatic carboxylic acids is 1. The maximum absolute atomic E-state index is 14.1. The number of alkyl halides is 4. The van der Waals surface area contributed by atoms with E-state index in [0.29, 0.717) is 4.68 Å². The van der Waals surface area contributed by atoms with E-state index in [9.17, 15) is 22.4 Å². The first-order valence-corrected chi connectivity index (χ1v) is 5.44. The van der Waals surface area contributed by atoms with Crippen LogP contribution in [0.25, 0.3) is 0 Å². The van der Waals surface area contributed by atoms with E-state index >= 15 is 0 Å². The molecule has 2 aliphatic carbocycles. The highest BCUT2D eigenvalue weighted by Gasteiger charge is 2.69. The van der Waals surface area contributed by atoms with Crippen LogP contribution in [-0.2, 0) is 17.3 Å². The van der Waals surface area contributed by atoms with Gasteiger partial charge in [-0.05, 0) is 0 Å². The molecule has 2 atom stereocenters. The van der Waals surface area contributed by atoms with E-state index in [2.05, 4.69) is 11.7 Å². The molecule has 1 fully saturated rings. The molecule has 0 aliphatic heterocycles. The molecule has 0 aromatic carbocycles. The van der Waals surface area contributed by atoms with E-state index in [-0.39, 0.29) is 11.1 Å². The van der Waals surface area contributed by atoms with Gasteiger partial charge in [0, 0.05) is 11.5 Å². The van der Waals surface area contributed by atoms with Crippen LogP contribution in [-0.4, -0.2) is 20.9 Å². The zero-order valence-corrected chi connectivity index (χ0v) is 9.41. The normalized spacial score (nSPS) is 26.5. The number of rotatable bonds is 3. The maximum atomic E-state index is 14.1. The van der Waals surface area contributed by atoms with E-state index in [0.717, 1.165) is 0 Å². The second-order valence-electron chi connectivity index (χ2n) is 4.65. The third kappa shape index (κ3) is 1.39. The van der Waals surface area contributed by atoms with Crippen LogP contribution in [0.2, 0.25) is 0 Å². The lowest BCUT2D eigenvalue weighted by atomic mass is 10.1. The number of halogens is 4. The van der Waals surface area contributed by atoms with Crippen LogP contribution < -0.4 is 0 Å². The molecule has 1 aromatic rings. The summed E-state index contributed by atoms with van der Waals surface area (Å²) in [6.45, 7) is 2.57. The SMILES string of the molecule is C=C1[C@@H]2c3c(C(F)F)nn(CC(=O)O)c3C(F)(F)[C@H]12. The maximum Gasteiger partial charge on any atom is 0.325 e. The summed E-state index contributed by atoms with van der Waals surface area (Å²) in [5.74, 6) is -6.82. The largest absolute Gasteiger partial charge is 0.480 e. The van der Waals surface area contributed by atoms with Crippen LogP contribution >= 0.6 is 0 Å². The van der Waals surface area contributed by atoms with Gasteiger partial charge < -0.3 is 5.11 Å². The number of carboxylic acid groups (broad SMARTS) is 1. The molecule has 1 heterocycles. The van der Waals surface area contributed by atoms with Gasteiger partial charge in [-0.2, -0.15) is 13.9 Å². The molecule has 0 unspecified atom stereocenters. The van der Waals surface area contributed by atoms with Crippen molar-refractivity contribution in [2.24, 2.45) is 5.92 Å². The number of carboxylic acids is 1. The van der Waals surface area contributed by atoms with E-state index in [1.807, 2.05) is 0 Å². The van der Waals surface area contributed by atoms with Crippen molar-refractivity contribution in [1.82, 2.24) is 9.78 Å². The molecule has 1 aromatic heterocycles. The Kier molecular flexibility index (Phi) is 2.16. The Bertz CT molecular complexity index is 608. The highest BCUT2D eigenvalue weighted by molar-refractivity contribution is 5.67. The molecule has 102 valence electrons. The van der Waals surface area contributed by atoms with Gasteiger partial charge in [0.25, 0.3) is 12.3 Å². The smallest absolute Gasteiger partial charge is 0.325 e. The predicted molar refractivity (Wildman–Crippen MR) is 54.1 cm³/mol. The first-order chi connectivity index (χ1) is 8.76. The number of nitrogens with zero attached hydrogens (tertiary/aromatic N) is 2. The fourth-order valence-electron chi connectivity index (χ4n) is 2.81. The van der Waals surface area contributed by atoms with Crippen LogP contribution in [0.4, 0.5) is 17.6 Å². The molecule has 2 aliphatic rings. The fraction of sp³-hybridized carbons (Fsp3) is 0.455. The van der Waals surface area contributed by atoms with Gasteiger partial charge in [-0.1, -0.05) is 12.2 Å². The summed E-state index contributed by atoms with van der Waals surface area (Å²) < 4.78 is 54.3. The standard InChI is InChI=1S/C11H8F4N2O2/c1-3-5-6-8(10(12)13)16-17(2-4(18)19)9(6)11(14,15)7(3)5/h5,7,10H,1-2H2,(H,18,19)/t5-,7-/m1/s1. The van der Waals surface area contributed by atoms with Crippen molar-refractivity contribution in [3.05, 3.63) is 29.1 Å². The molecular formula is C11H8F4N2O2. The second kappa shape index (κ2) is 3.37. The lowest BCUT2D eigenvalue weighted by Gasteiger charge is -2.14. The van der Waals surface area contributed by atoms with Gasteiger partial charge in [0.05, 0.1) is 5.92 Å². The highest BCUT2D eigenvalue weighted by Crippen LogP contribution is 2.70. The van der Waals surface area contributed by atoms with Gasteiger partial charge in [0.1, 0.15) is 17.9 Å². The molecule has 3 rings (SSSR count). The third-order valence-electron chi connectivity index (χ3n) is 3.55. The van der Waals surface area contributed by atoms with Crippen LogP contribution in [0, 0.1) is 5.92 Å². The van der Waals surface area contributed by atoms with Gasteiger partial charge >= 0.3 is 5.97 Å². The number of hydrogen-bond donors (Lipinski definition) is 1. The van der Waals surface area contributed by atoms with Crippen molar-refractivity contribution in [2.75, 3.05) is 0 Å². The number of hydrogen-bond acceptors (Lipinski definition) is 2. The topological polar surface area (TPSA) is 55.1 Å². The summed E-state index contributed by atoms with van der Waals surface area (Å²) in [4.78, 5) is 10.6. The average Bonchev–Trinajstić information content (AvgIpc) is 2.67. The van der Waals surface area contributed by atoms with E-state index in [1.165, 1.54) is 0 Å². The quantitative estimate of drug-likeness (QED) is 0.680. The Morgan fingerprint density at radius 3 is 2.68 bits per heavy atom. The van der Waals surface area contributed by atoms with Crippen molar-refractivity contribution in [3.63, 3.8) is 0 Å². The van der Waals surface area contributed by atoms with Gasteiger partial charge in [0.15, 0.2) is 0 Å². The minimum absolute atomic E-state index is 0.203. The molecule has 0 bridgehead atoms. The second-order valence-corrected chi connectivity index (χ2v) is 4.65. The monoisotopic (exact) mass is 276 g/mol. The van der Waals surface area contributed by atoms with Gasteiger partial charge in [-0.25, -0.2) is 8.78 Å². The Labute approximate surface area is 104 Å². The molecule has 8 heteroatoms. The first kappa shape index (κ1) is 12.2. The predicted octanol–water partition coefficient (Wildman–Crippen LogP) is 2.28. The van der Waals surface area contributed by atoms with Gasteiger partial charge in [0.2, 0.25) is 0 Å². The zero-order chi connectivity index (χ0) is 14.1. The molecule has 1 saturated carbocycles. The molecule has 0 saturated heterocycles. The summed E-state index contributed by atoms with van der Waals surface area (Å²) in [6.07, 6.45) is -3.02. The van der Waals surface area contributed by atoms with Crippen molar-refractivity contribution in [3.8, 4) is 0 Å². The lowest BCUT2D eigenvalue weighted by molar-refractivity contribution is -0.138. The summed E-state index contributed by atoms with van der Waals surface area (Å²) in [5, 5.41) is 12.0. The van der Waals surface area contributed by atoms with Crippen LogP contribution in [0.15, 0.2) is 12.2 Å². The first-order valence-electron chi connectivity index (χ1n) is 5.44. The van der Waals surface area contributed by atoms with Crippen molar-refractivity contribution in [2.45, 2.75) is 24.8 Å². The number of fused-ring (bicyclic) bond motifs is 3. The Morgan fingerprint density at radius 1 is 1.53 bits per heavy atom. The van der Waals surface area contributed by atoms with Crippen molar-refractivity contribution < 1.29 is 27.5 Å². The summed E-state index contributed by atoms with van der Waals surface area (Å²) in [5.41, 5.74) is -1.50. The minimum atomic E-state index is -3.38. The number of aromatic nitrogens is 2. The third-order valence-corrected chi connectivity index (χ3v) is 3.55. The molecule has 0 radical (unpaired) electrons. The fourth-order valence-corrected chi connectivity index (χ4v) is 2.81. The minimum Gasteiger partial charge on any atom is -0.480 e. The zero-order valence-electron chi connectivity index (χ0n) is 9.41.